The highest BCUT2D eigenvalue weighted by atomic mass is 32.2. The van der Waals surface area contributed by atoms with Gasteiger partial charge in [0.2, 0.25) is 4.93 Å². The summed E-state index contributed by atoms with van der Waals surface area (Å²) < 4.78 is 31.0. The van der Waals surface area contributed by atoms with Gasteiger partial charge in [-0.05, 0) is 6.42 Å². The van der Waals surface area contributed by atoms with Crippen LogP contribution in [0, 0.1) is 0 Å². The molecule has 0 aliphatic carbocycles. The van der Waals surface area contributed by atoms with Crippen LogP contribution in [0.25, 0.3) is 0 Å². The van der Waals surface area contributed by atoms with Crippen molar-refractivity contribution in [1.82, 2.24) is 10.2 Å². The van der Waals surface area contributed by atoms with E-state index in [2.05, 4.69) is 5.32 Å². The monoisotopic (exact) mass is 238 g/mol. The van der Waals surface area contributed by atoms with Crippen molar-refractivity contribution in [2.24, 2.45) is 0 Å². The first-order chi connectivity index (χ1) is 6.89. The molecule has 3 N–H and O–H groups in total. The van der Waals surface area contributed by atoms with Crippen molar-refractivity contribution in [3.8, 4) is 0 Å². The van der Waals surface area contributed by atoms with E-state index < -0.39 is 15.1 Å². The maximum Gasteiger partial charge on any atom is 0.296 e. The lowest BCUT2D eigenvalue weighted by atomic mass is 10.2. The molecule has 1 atom stereocenters. The molecule has 15 heavy (non-hydrogen) atoms. The van der Waals surface area contributed by atoms with Crippen LogP contribution in [0.4, 0.5) is 0 Å². The quantitative estimate of drug-likeness (QED) is 0.537. The fourth-order valence-electron chi connectivity index (χ4n) is 1.59. The SMILES string of the molecule is CCC(O)(CN1CCNCC1)S(=O)(=O)O. The zero-order valence-electron chi connectivity index (χ0n) is 8.81. The molecule has 6 nitrogen and oxygen atoms in total. The molecule has 0 amide bonds. The van der Waals surface area contributed by atoms with Gasteiger partial charge in [-0.2, -0.15) is 8.42 Å². The van der Waals surface area contributed by atoms with Crippen LogP contribution in [-0.2, 0) is 10.1 Å². The molecule has 0 saturated carbocycles. The van der Waals surface area contributed by atoms with E-state index in [1.54, 1.807) is 0 Å². The topological polar surface area (TPSA) is 89.9 Å². The zero-order chi connectivity index (χ0) is 11.5. The van der Waals surface area contributed by atoms with Crippen molar-refractivity contribution in [2.75, 3.05) is 32.7 Å². The normalized spacial score (nSPS) is 23.7. The summed E-state index contributed by atoms with van der Waals surface area (Å²) in [6.07, 6.45) is -0.0181. The first kappa shape index (κ1) is 12.9. The predicted octanol–water partition coefficient (Wildman–Crippen LogP) is -1.12. The van der Waals surface area contributed by atoms with Crippen LogP contribution in [0.2, 0.25) is 0 Å². The van der Waals surface area contributed by atoms with Gasteiger partial charge in [0.05, 0.1) is 0 Å². The van der Waals surface area contributed by atoms with Crippen LogP contribution in [0.15, 0.2) is 0 Å². The smallest absolute Gasteiger partial charge is 0.296 e. The molecule has 0 bridgehead atoms. The van der Waals surface area contributed by atoms with Crippen molar-refractivity contribution >= 4 is 10.1 Å². The Bertz CT molecular complexity index is 300. The third-order valence-corrected chi connectivity index (χ3v) is 4.09. The van der Waals surface area contributed by atoms with E-state index in [9.17, 15) is 13.5 Å². The maximum absolute atomic E-state index is 11.0. The van der Waals surface area contributed by atoms with Crippen LogP contribution in [0.1, 0.15) is 13.3 Å². The van der Waals surface area contributed by atoms with Crippen LogP contribution in [0.5, 0.6) is 0 Å². The van der Waals surface area contributed by atoms with Crippen LogP contribution in [-0.4, -0.2) is 60.6 Å². The summed E-state index contributed by atoms with van der Waals surface area (Å²) in [6.45, 7) is 4.40. The fraction of sp³-hybridized carbons (Fsp3) is 1.00. The van der Waals surface area contributed by atoms with Gasteiger partial charge in [0.25, 0.3) is 10.1 Å². The van der Waals surface area contributed by atoms with E-state index in [1.807, 2.05) is 4.90 Å². The Labute approximate surface area is 90.0 Å². The minimum absolute atomic E-state index is 0.0181. The molecule has 1 fully saturated rings. The summed E-state index contributed by atoms with van der Waals surface area (Å²) in [7, 11) is -4.42. The Morgan fingerprint density at radius 1 is 1.40 bits per heavy atom. The molecule has 1 unspecified atom stereocenters. The lowest BCUT2D eigenvalue weighted by Gasteiger charge is -2.33. The van der Waals surface area contributed by atoms with Gasteiger partial charge in [0.1, 0.15) is 0 Å². The number of hydrogen-bond acceptors (Lipinski definition) is 5. The van der Waals surface area contributed by atoms with E-state index in [-0.39, 0.29) is 13.0 Å². The third kappa shape index (κ3) is 3.12. The number of hydrogen-bond donors (Lipinski definition) is 3. The number of piperazine rings is 1. The number of nitrogens with one attached hydrogen (secondary N) is 1. The summed E-state index contributed by atoms with van der Waals surface area (Å²) in [5.41, 5.74) is 0. The molecule has 0 radical (unpaired) electrons. The molecule has 1 saturated heterocycles. The van der Waals surface area contributed by atoms with Gasteiger partial charge in [-0.15, -0.1) is 0 Å². The van der Waals surface area contributed by atoms with Crippen molar-refractivity contribution < 1.29 is 18.1 Å². The third-order valence-electron chi connectivity index (χ3n) is 2.71. The summed E-state index contributed by atoms with van der Waals surface area (Å²) >= 11 is 0. The Hall–Kier alpha value is -0.210. The second-order valence-electron chi connectivity index (χ2n) is 3.80. The van der Waals surface area contributed by atoms with E-state index in [0.29, 0.717) is 13.1 Å². The summed E-state index contributed by atoms with van der Waals surface area (Å²) in [6, 6.07) is 0. The van der Waals surface area contributed by atoms with Gasteiger partial charge in [0, 0.05) is 32.7 Å². The highest BCUT2D eigenvalue weighted by Gasteiger charge is 2.40. The second-order valence-corrected chi connectivity index (χ2v) is 5.51. The molecular formula is C8H18N2O4S. The van der Waals surface area contributed by atoms with Crippen molar-refractivity contribution in [3.63, 3.8) is 0 Å². The number of nitrogens with zero attached hydrogens (tertiary/aromatic N) is 1. The van der Waals surface area contributed by atoms with E-state index in [0.717, 1.165) is 13.1 Å². The Morgan fingerprint density at radius 2 is 1.93 bits per heavy atom. The molecule has 1 aliphatic rings. The number of aliphatic hydroxyl groups is 1. The minimum Gasteiger partial charge on any atom is -0.371 e. The fourth-order valence-corrected chi connectivity index (χ4v) is 2.30. The van der Waals surface area contributed by atoms with Crippen molar-refractivity contribution in [1.29, 1.82) is 0 Å². The maximum atomic E-state index is 11.0. The molecule has 0 aromatic rings. The average Bonchev–Trinajstić information content (AvgIpc) is 2.17. The van der Waals surface area contributed by atoms with Gasteiger partial charge >= 0.3 is 0 Å². The molecule has 7 heteroatoms. The van der Waals surface area contributed by atoms with Crippen LogP contribution < -0.4 is 5.32 Å². The predicted molar refractivity (Wildman–Crippen MR) is 56.1 cm³/mol. The molecule has 0 aromatic carbocycles. The molecule has 1 rings (SSSR count). The van der Waals surface area contributed by atoms with Gasteiger partial charge in [-0.3, -0.25) is 9.45 Å². The van der Waals surface area contributed by atoms with E-state index in [1.165, 1.54) is 6.92 Å². The molecule has 1 heterocycles. The molecular weight excluding hydrogens is 220 g/mol. The molecule has 0 spiro atoms. The van der Waals surface area contributed by atoms with Crippen molar-refractivity contribution in [3.05, 3.63) is 0 Å². The Balaban J connectivity index is 2.67. The highest BCUT2D eigenvalue weighted by molar-refractivity contribution is 7.87. The summed E-state index contributed by atoms with van der Waals surface area (Å²) in [4.78, 5) is -0.210. The van der Waals surface area contributed by atoms with Gasteiger partial charge in [-0.1, -0.05) is 6.92 Å². The Kier molecular flexibility index (Phi) is 4.07. The molecule has 90 valence electrons. The highest BCUT2D eigenvalue weighted by Crippen LogP contribution is 2.19. The van der Waals surface area contributed by atoms with Gasteiger partial charge in [-0.25, -0.2) is 0 Å². The first-order valence-corrected chi connectivity index (χ1v) is 6.45. The summed E-state index contributed by atoms with van der Waals surface area (Å²) in [5, 5.41) is 12.9. The van der Waals surface area contributed by atoms with Gasteiger partial charge < -0.3 is 10.4 Å². The van der Waals surface area contributed by atoms with E-state index >= 15 is 0 Å². The minimum atomic E-state index is -4.42. The van der Waals surface area contributed by atoms with E-state index in [4.69, 9.17) is 4.55 Å². The van der Waals surface area contributed by atoms with Crippen LogP contribution in [0.3, 0.4) is 0 Å². The average molecular weight is 238 g/mol. The lowest BCUT2D eigenvalue weighted by molar-refractivity contribution is 0.0576. The lowest BCUT2D eigenvalue weighted by Crippen LogP contribution is -2.53. The second kappa shape index (κ2) is 4.75. The van der Waals surface area contributed by atoms with Gasteiger partial charge in [0.15, 0.2) is 0 Å². The zero-order valence-corrected chi connectivity index (χ0v) is 9.63. The number of rotatable bonds is 4. The van der Waals surface area contributed by atoms with Crippen LogP contribution >= 0.6 is 0 Å². The largest absolute Gasteiger partial charge is 0.371 e. The molecule has 0 aromatic heterocycles. The standard InChI is InChI=1S/C8H18N2O4S/c1-2-8(11,15(12,13)14)7-10-5-3-9-4-6-10/h9,11H,2-7H2,1H3,(H,12,13,14). The first-order valence-electron chi connectivity index (χ1n) is 5.01. The molecule has 1 aliphatic heterocycles. The Morgan fingerprint density at radius 3 is 2.33 bits per heavy atom. The number of β-amino-alcohol motifs (C(OH)–C–C–N with tert-alkyl or cyclic N) is 1. The summed E-state index contributed by atoms with van der Waals surface area (Å²) in [5.74, 6) is 0. The van der Waals surface area contributed by atoms with Crippen molar-refractivity contribution in [2.45, 2.75) is 18.3 Å².